The molecule has 0 aliphatic rings. The number of rotatable bonds is 15. The van der Waals surface area contributed by atoms with Crippen molar-refractivity contribution in [1.82, 2.24) is 34.4 Å². The first-order valence-electron chi connectivity index (χ1n) is 7.99. The van der Waals surface area contributed by atoms with Crippen molar-refractivity contribution in [3.63, 3.8) is 0 Å². The van der Waals surface area contributed by atoms with Gasteiger partial charge in [-0.25, -0.2) is 0 Å². The van der Waals surface area contributed by atoms with E-state index in [1.165, 1.54) is 0 Å². The van der Waals surface area contributed by atoms with Gasteiger partial charge in [0.1, 0.15) is 25.1 Å². The quantitative estimate of drug-likeness (QED) is 0.0947. The summed E-state index contributed by atoms with van der Waals surface area (Å²) in [7, 11) is -18.0. The molecule has 18 nitrogen and oxygen atoms in total. The van der Waals surface area contributed by atoms with Crippen LogP contribution in [0, 0.1) is 0 Å². The normalized spacial score (nSPS) is 12.4. The molecular formula is C10H40N6O12P4. The zero-order valence-electron chi connectivity index (χ0n) is 17.8. The van der Waals surface area contributed by atoms with Gasteiger partial charge in [0.15, 0.2) is 0 Å². The maximum absolute atomic E-state index is 11.0. The third-order valence-corrected chi connectivity index (χ3v) is 6.31. The van der Waals surface area contributed by atoms with Crippen LogP contribution in [0.25, 0.3) is 0 Å². The Morgan fingerprint density at radius 1 is 0.406 bits per heavy atom. The summed E-state index contributed by atoms with van der Waals surface area (Å²) in [6, 6.07) is 0. The zero-order valence-corrected chi connectivity index (χ0v) is 21.4. The van der Waals surface area contributed by atoms with Crippen LogP contribution in [-0.4, -0.2) is 87.2 Å². The van der Waals surface area contributed by atoms with E-state index in [1.807, 2.05) is 0 Å². The Kier molecular flexibility index (Phi) is 23.6. The summed E-state index contributed by atoms with van der Waals surface area (Å²) < 4.78 is 44.1. The Morgan fingerprint density at radius 3 is 0.750 bits per heavy atom. The smallest absolute Gasteiger partial charge is 0.339 e. The first-order valence-corrected chi connectivity index (χ1v) is 15.2. The molecule has 0 saturated carbocycles. The summed E-state index contributed by atoms with van der Waals surface area (Å²) in [4.78, 5) is 73.6. The topological polar surface area (TPSA) is 377 Å². The summed E-state index contributed by atoms with van der Waals surface area (Å²) in [5.41, 5.74) is 0. The third-order valence-electron chi connectivity index (χ3n) is 3.24. The van der Waals surface area contributed by atoms with Crippen LogP contribution in [0.1, 0.15) is 25.7 Å². The minimum atomic E-state index is -4.49. The van der Waals surface area contributed by atoms with Crippen molar-refractivity contribution < 1.29 is 57.4 Å². The Morgan fingerprint density at radius 2 is 0.594 bits per heavy atom. The second-order valence-electron chi connectivity index (χ2n) is 6.43. The second kappa shape index (κ2) is 17.7. The van der Waals surface area contributed by atoms with E-state index in [-0.39, 0.29) is 37.7 Å². The molecule has 0 aromatic rings. The van der Waals surface area contributed by atoms with Crippen molar-refractivity contribution in [2.75, 3.05) is 38.2 Å². The summed E-state index contributed by atoms with van der Waals surface area (Å²) in [6.45, 7) is 0.0375. The highest BCUT2D eigenvalue weighted by molar-refractivity contribution is 7.53. The van der Waals surface area contributed by atoms with Gasteiger partial charge in [0.25, 0.3) is 0 Å². The summed E-state index contributed by atoms with van der Waals surface area (Å²) in [5, 5.41) is 0. The van der Waals surface area contributed by atoms with Gasteiger partial charge in [-0.15, -0.1) is 0 Å². The molecule has 0 bridgehead atoms. The van der Waals surface area contributed by atoms with Gasteiger partial charge in [0.2, 0.25) is 0 Å². The minimum absolute atomic E-state index is 0. The van der Waals surface area contributed by atoms with Crippen molar-refractivity contribution >= 4 is 30.4 Å². The molecule has 0 unspecified atom stereocenters. The Labute approximate surface area is 186 Å². The molecule has 0 radical (unpaired) electrons. The van der Waals surface area contributed by atoms with Crippen molar-refractivity contribution in [2.24, 2.45) is 0 Å². The van der Waals surface area contributed by atoms with Gasteiger partial charge in [0, 0.05) is 0 Å². The van der Waals surface area contributed by atoms with E-state index in [4.69, 9.17) is 39.1 Å². The summed E-state index contributed by atoms with van der Waals surface area (Å²) >= 11 is 0. The predicted molar refractivity (Wildman–Crippen MR) is 120 cm³/mol. The van der Waals surface area contributed by atoms with E-state index in [1.54, 1.807) is 0 Å². The first-order chi connectivity index (χ1) is 12.4. The molecule has 0 rings (SSSR count). The van der Waals surface area contributed by atoms with Gasteiger partial charge in [-0.3, -0.25) is 28.1 Å². The van der Waals surface area contributed by atoms with E-state index in [9.17, 15) is 18.3 Å². The number of unbranched alkanes of at least 4 members (excludes halogenated alkanes) is 3. The van der Waals surface area contributed by atoms with E-state index in [0.717, 1.165) is 9.80 Å². The van der Waals surface area contributed by atoms with Gasteiger partial charge >= 0.3 is 30.4 Å². The molecule has 0 aliphatic heterocycles. The lowest BCUT2D eigenvalue weighted by Crippen LogP contribution is -2.28. The maximum atomic E-state index is 11.0. The molecule has 0 aromatic carbocycles. The highest BCUT2D eigenvalue weighted by Gasteiger charge is 2.26. The SMILES string of the molecule is N.N.N.N.O=P(O)(O)CN(CCCCCCN(CP(=O)(O)O)CP(=O)(O)O)CP(=O)(O)O. The molecular weight excluding hydrogens is 520 g/mol. The Bertz CT molecular complexity index is 559. The Hall–Kier alpha value is 0.360. The number of hydrogen-bond donors (Lipinski definition) is 12. The van der Waals surface area contributed by atoms with E-state index < -0.39 is 55.5 Å². The highest BCUT2D eigenvalue weighted by Crippen LogP contribution is 2.42. The monoisotopic (exact) mass is 560 g/mol. The lowest BCUT2D eigenvalue weighted by atomic mass is 10.2. The van der Waals surface area contributed by atoms with Crippen molar-refractivity contribution in [2.45, 2.75) is 25.7 Å². The fourth-order valence-electron chi connectivity index (χ4n) is 2.44. The molecule has 20 N–H and O–H groups in total. The molecule has 0 spiro atoms. The average Bonchev–Trinajstić information content (AvgIpc) is 2.34. The van der Waals surface area contributed by atoms with E-state index in [0.29, 0.717) is 25.7 Å². The molecule has 0 saturated heterocycles. The molecule has 0 aliphatic carbocycles. The molecule has 0 atom stereocenters. The van der Waals surface area contributed by atoms with Crippen LogP contribution in [0.15, 0.2) is 0 Å². The van der Waals surface area contributed by atoms with Crippen molar-refractivity contribution in [1.29, 1.82) is 0 Å². The standard InChI is InChI=1S/C10H28N2O12P4.4H3N/c13-25(14,15)7-11(8-26(16,17)18)5-3-1-2-4-6-12(9-27(19,20)21)10-28(22,23)24;;;;/h1-10H2,(H2,13,14,15)(H2,16,17,18)(H2,19,20,21)(H2,22,23,24);4*1H3. The lowest BCUT2D eigenvalue weighted by Gasteiger charge is -2.23. The average molecular weight is 560 g/mol. The van der Waals surface area contributed by atoms with E-state index in [2.05, 4.69) is 0 Å². The largest absolute Gasteiger partial charge is 0.344 e. The maximum Gasteiger partial charge on any atom is 0.339 e. The van der Waals surface area contributed by atoms with Crippen molar-refractivity contribution in [3.8, 4) is 0 Å². The van der Waals surface area contributed by atoms with Gasteiger partial charge in [-0.05, 0) is 25.9 Å². The van der Waals surface area contributed by atoms with Crippen LogP contribution >= 0.6 is 30.4 Å². The number of hydrogen-bond acceptors (Lipinski definition) is 10. The van der Waals surface area contributed by atoms with Crippen LogP contribution in [0.5, 0.6) is 0 Å². The molecule has 0 aromatic heterocycles. The van der Waals surface area contributed by atoms with Gasteiger partial charge in [0.05, 0.1) is 0 Å². The second-order valence-corrected chi connectivity index (χ2v) is 12.9. The molecule has 202 valence electrons. The Balaban J connectivity index is -0.000000607. The van der Waals surface area contributed by atoms with Crippen LogP contribution in [-0.2, 0) is 18.3 Å². The van der Waals surface area contributed by atoms with Crippen LogP contribution < -0.4 is 24.6 Å². The predicted octanol–water partition coefficient (Wildman–Crippen LogP) is 0.340. The molecule has 0 fully saturated rings. The lowest BCUT2D eigenvalue weighted by molar-refractivity contribution is 0.264. The summed E-state index contributed by atoms with van der Waals surface area (Å²) in [5.74, 6) is 0. The fourth-order valence-corrected chi connectivity index (χ4v) is 5.80. The molecule has 22 heteroatoms. The highest BCUT2D eigenvalue weighted by atomic mass is 31.2. The fraction of sp³-hybridized carbons (Fsp3) is 1.00. The molecule has 0 heterocycles. The molecule has 32 heavy (non-hydrogen) atoms. The van der Waals surface area contributed by atoms with Crippen LogP contribution in [0.2, 0.25) is 0 Å². The third kappa shape index (κ3) is 30.4. The summed E-state index contributed by atoms with van der Waals surface area (Å²) in [6.07, 6.45) is -1.55. The minimum Gasteiger partial charge on any atom is -0.344 e. The van der Waals surface area contributed by atoms with Crippen LogP contribution in [0.4, 0.5) is 0 Å². The zero-order chi connectivity index (χ0) is 22.2. The first kappa shape index (κ1) is 42.5. The molecule has 0 amide bonds. The van der Waals surface area contributed by atoms with Crippen LogP contribution in [0.3, 0.4) is 0 Å². The van der Waals surface area contributed by atoms with Crippen molar-refractivity contribution in [3.05, 3.63) is 0 Å². The van der Waals surface area contributed by atoms with Gasteiger partial charge < -0.3 is 63.7 Å². The van der Waals surface area contributed by atoms with Gasteiger partial charge in [-0.2, -0.15) is 0 Å². The van der Waals surface area contributed by atoms with Gasteiger partial charge in [-0.1, -0.05) is 12.8 Å². The number of nitrogens with zero attached hydrogens (tertiary/aromatic N) is 2. The van der Waals surface area contributed by atoms with E-state index >= 15 is 0 Å².